The highest BCUT2D eigenvalue weighted by atomic mass is 32.2. The average Bonchev–Trinajstić information content (AvgIpc) is 3.62. The molecule has 3 unspecified atom stereocenters. The Labute approximate surface area is 253 Å². The summed E-state index contributed by atoms with van der Waals surface area (Å²) in [4.78, 5) is 59.0. The fourth-order valence-electron chi connectivity index (χ4n) is 6.01. The van der Waals surface area contributed by atoms with Gasteiger partial charge in [0.25, 0.3) is 21.0 Å². The van der Waals surface area contributed by atoms with Crippen LogP contribution >= 0.6 is 0 Å². The molecule has 0 spiro atoms. The summed E-state index contributed by atoms with van der Waals surface area (Å²) in [6.45, 7) is -0.484. The number of ketones is 1. The van der Waals surface area contributed by atoms with Crippen LogP contribution in [0.25, 0.3) is 10.8 Å². The number of phenolic OH excluding ortho intramolecular Hbond substituents is 1. The molecule has 6 rings (SSSR count). The van der Waals surface area contributed by atoms with Gasteiger partial charge in [0.15, 0.2) is 5.78 Å². The Morgan fingerprint density at radius 3 is 2.48 bits per heavy atom. The smallest absolute Gasteiger partial charge is 0.293 e. The van der Waals surface area contributed by atoms with Crippen molar-refractivity contribution in [3.05, 3.63) is 108 Å². The van der Waals surface area contributed by atoms with Crippen LogP contribution in [0.3, 0.4) is 0 Å². The van der Waals surface area contributed by atoms with E-state index in [4.69, 9.17) is 0 Å². The first-order valence-electron chi connectivity index (χ1n) is 14.0. The van der Waals surface area contributed by atoms with Crippen molar-refractivity contribution < 1.29 is 32.7 Å². The quantitative estimate of drug-likeness (QED) is 0.322. The third-order valence-corrected chi connectivity index (χ3v) is 9.84. The lowest BCUT2D eigenvalue weighted by Crippen LogP contribution is -2.53. The van der Waals surface area contributed by atoms with Crippen LogP contribution in [-0.2, 0) is 26.0 Å². The topological polar surface area (TPSA) is 154 Å². The van der Waals surface area contributed by atoms with Gasteiger partial charge in [-0.2, -0.15) is 4.31 Å². The molecule has 0 aliphatic carbocycles. The van der Waals surface area contributed by atoms with Gasteiger partial charge < -0.3 is 15.3 Å². The van der Waals surface area contributed by atoms with Crippen LogP contribution in [0.1, 0.15) is 32.7 Å². The van der Waals surface area contributed by atoms with E-state index in [2.05, 4.69) is 10.3 Å². The van der Waals surface area contributed by atoms with Crippen molar-refractivity contribution in [2.24, 2.45) is 0 Å². The number of hydrogen-bond donors (Lipinski definition) is 2. The molecule has 44 heavy (non-hydrogen) atoms. The molecule has 1 aromatic heterocycles. The van der Waals surface area contributed by atoms with Gasteiger partial charge in [-0.25, -0.2) is 8.42 Å². The zero-order valence-electron chi connectivity index (χ0n) is 23.4. The second kappa shape index (κ2) is 11.6. The van der Waals surface area contributed by atoms with E-state index < -0.39 is 57.4 Å². The van der Waals surface area contributed by atoms with Crippen LogP contribution in [0.15, 0.2) is 91.3 Å². The molecule has 2 aliphatic heterocycles. The SMILES string of the molecule is O=C(NC(Cc1ccc(O)cc1)C(=O)N1CCC2C1C(=O)CN2S(=O)(=O)C(=O)c1cccnc1)c1cccc2ccccc12. The van der Waals surface area contributed by atoms with E-state index in [9.17, 15) is 32.7 Å². The van der Waals surface area contributed by atoms with Crippen molar-refractivity contribution in [3.63, 3.8) is 0 Å². The molecular weight excluding hydrogens is 584 g/mol. The Hall–Kier alpha value is -4.94. The summed E-state index contributed by atoms with van der Waals surface area (Å²) in [6.07, 6.45) is 2.75. The summed E-state index contributed by atoms with van der Waals surface area (Å²) in [5, 5.41) is 13.0. The summed E-state index contributed by atoms with van der Waals surface area (Å²) in [5.41, 5.74) is 0.896. The lowest BCUT2D eigenvalue weighted by molar-refractivity contribution is -0.138. The predicted octanol–water partition coefficient (Wildman–Crippen LogP) is 2.31. The minimum absolute atomic E-state index is 0.0393. The number of nitrogens with one attached hydrogen (secondary N) is 1. The lowest BCUT2D eigenvalue weighted by Gasteiger charge is -2.28. The third-order valence-electron chi connectivity index (χ3n) is 8.11. The first-order chi connectivity index (χ1) is 21.1. The van der Waals surface area contributed by atoms with Gasteiger partial charge in [0, 0.05) is 30.9 Å². The second-order valence-corrected chi connectivity index (χ2v) is 12.6. The number of Topliss-reactive ketones (excluding diaryl/α,β-unsaturated/α-hetero) is 1. The summed E-state index contributed by atoms with van der Waals surface area (Å²) in [5.74, 6) is -1.51. The molecule has 3 aromatic carbocycles. The zero-order valence-corrected chi connectivity index (χ0v) is 24.2. The summed E-state index contributed by atoms with van der Waals surface area (Å²) in [7, 11) is -4.57. The first-order valence-corrected chi connectivity index (χ1v) is 15.4. The number of hydrogen-bond acceptors (Lipinski definition) is 8. The highest BCUT2D eigenvalue weighted by Crippen LogP contribution is 2.33. The number of benzene rings is 3. The van der Waals surface area contributed by atoms with Crippen LogP contribution in [0.4, 0.5) is 0 Å². The number of amides is 2. The van der Waals surface area contributed by atoms with E-state index in [1.165, 1.54) is 35.4 Å². The summed E-state index contributed by atoms with van der Waals surface area (Å²) < 4.78 is 27.5. The average molecular weight is 613 g/mol. The summed E-state index contributed by atoms with van der Waals surface area (Å²) >= 11 is 0. The van der Waals surface area contributed by atoms with Gasteiger partial charge in [-0.1, -0.05) is 48.5 Å². The third kappa shape index (κ3) is 5.33. The Balaban J connectivity index is 1.28. The van der Waals surface area contributed by atoms with Crippen molar-refractivity contribution in [2.75, 3.05) is 13.1 Å². The van der Waals surface area contributed by atoms with Crippen molar-refractivity contribution in [3.8, 4) is 5.75 Å². The Morgan fingerprint density at radius 2 is 1.73 bits per heavy atom. The number of carbonyl (C=O) groups is 4. The highest BCUT2D eigenvalue weighted by Gasteiger charge is 2.55. The van der Waals surface area contributed by atoms with Gasteiger partial charge in [0.05, 0.1) is 18.2 Å². The lowest BCUT2D eigenvalue weighted by atomic mass is 10.0. The van der Waals surface area contributed by atoms with Crippen molar-refractivity contribution in [1.82, 2.24) is 19.5 Å². The maximum Gasteiger partial charge on any atom is 0.293 e. The molecule has 224 valence electrons. The van der Waals surface area contributed by atoms with Crippen LogP contribution in [-0.4, -0.2) is 81.6 Å². The first kappa shape index (κ1) is 29.1. The van der Waals surface area contributed by atoms with Crippen molar-refractivity contribution in [2.45, 2.75) is 31.0 Å². The Morgan fingerprint density at radius 1 is 0.977 bits per heavy atom. The molecule has 2 saturated heterocycles. The molecule has 4 aromatic rings. The minimum atomic E-state index is -4.57. The number of carbonyl (C=O) groups excluding carboxylic acids is 4. The monoisotopic (exact) mass is 612 g/mol. The van der Waals surface area contributed by atoms with E-state index in [0.29, 0.717) is 16.5 Å². The number of aromatic nitrogens is 1. The van der Waals surface area contributed by atoms with Crippen LogP contribution in [0.2, 0.25) is 0 Å². The number of nitrogens with zero attached hydrogens (tertiary/aromatic N) is 3. The number of aromatic hydroxyl groups is 1. The van der Waals surface area contributed by atoms with Gasteiger partial charge in [0.1, 0.15) is 17.8 Å². The van der Waals surface area contributed by atoms with Crippen LogP contribution in [0, 0.1) is 0 Å². The summed E-state index contributed by atoms with van der Waals surface area (Å²) in [6, 6.07) is 18.5. The van der Waals surface area contributed by atoms with Crippen LogP contribution in [0.5, 0.6) is 5.75 Å². The van der Waals surface area contributed by atoms with E-state index in [-0.39, 0.29) is 30.7 Å². The Kier molecular flexibility index (Phi) is 7.70. The van der Waals surface area contributed by atoms with E-state index >= 15 is 0 Å². The number of likely N-dealkylation sites (tertiary alicyclic amines) is 1. The molecule has 2 amide bonds. The van der Waals surface area contributed by atoms with Gasteiger partial charge in [0.2, 0.25) is 5.91 Å². The maximum absolute atomic E-state index is 14.1. The molecule has 3 atom stereocenters. The van der Waals surface area contributed by atoms with Gasteiger partial charge >= 0.3 is 0 Å². The van der Waals surface area contributed by atoms with Crippen molar-refractivity contribution in [1.29, 1.82) is 0 Å². The number of sulfonamides is 1. The van der Waals surface area contributed by atoms with Gasteiger partial charge in [-0.15, -0.1) is 0 Å². The predicted molar refractivity (Wildman–Crippen MR) is 160 cm³/mol. The highest BCUT2D eigenvalue weighted by molar-refractivity contribution is 8.04. The standard InChI is InChI=1S/C32H28N4O7S/c37-23-12-10-20(11-13-23)17-26(34-30(39)25-9-3-6-21-5-1-2-8-24(21)25)31(40)35-16-14-27-29(35)28(38)19-36(27)44(42,43)32(41)22-7-4-15-33-18-22/h1-13,15,18,26-27,29,37H,14,16-17,19H2,(H,34,39). The minimum Gasteiger partial charge on any atom is -0.508 e. The van der Waals surface area contributed by atoms with Crippen LogP contribution < -0.4 is 5.32 Å². The normalized spacial score (nSPS) is 19.1. The fraction of sp³-hybridized carbons (Fsp3) is 0.219. The molecule has 2 aliphatic rings. The number of fused-ring (bicyclic) bond motifs is 2. The van der Waals surface area contributed by atoms with Gasteiger partial charge in [-0.3, -0.25) is 24.2 Å². The molecule has 0 saturated carbocycles. The molecule has 2 N–H and O–H groups in total. The largest absolute Gasteiger partial charge is 0.508 e. The Bertz CT molecular complexity index is 1870. The maximum atomic E-state index is 14.1. The second-order valence-electron chi connectivity index (χ2n) is 10.8. The van der Waals surface area contributed by atoms with Gasteiger partial charge in [-0.05, 0) is 53.1 Å². The van der Waals surface area contributed by atoms with E-state index in [0.717, 1.165) is 15.9 Å². The molecule has 12 heteroatoms. The molecule has 2 fully saturated rings. The van der Waals surface area contributed by atoms with E-state index in [1.54, 1.807) is 24.3 Å². The number of phenols is 1. The fourth-order valence-corrected chi connectivity index (χ4v) is 7.51. The van der Waals surface area contributed by atoms with Crippen molar-refractivity contribution >= 4 is 43.5 Å². The molecular formula is C32H28N4O7S. The number of rotatable bonds is 7. The molecule has 11 nitrogen and oxygen atoms in total. The molecule has 0 bridgehead atoms. The zero-order chi connectivity index (χ0) is 31.0. The molecule has 0 radical (unpaired) electrons. The van der Waals surface area contributed by atoms with E-state index in [1.807, 2.05) is 30.3 Å². The number of pyridine rings is 1. The molecule has 3 heterocycles.